The number of nitrogens with one attached hydrogen (secondary N) is 1. The van der Waals surface area contributed by atoms with E-state index in [1.54, 1.807) is 12.1 Å². The summed E-state index contributed by atoms with van der Waals surface area (Å²) in [6, 6.07) is 20.7. The Morgan fingerprint density at radius 1 is 0.906 bits per heavy atom. The summed E-state index contributed by atoms with van der Waals surface area (Å²) in [5, 5.41) is 3.14. The Balaban J connectivity index is 1.73. The fourth-order valence-corrected chi connectivity index (χ4v) is 3.82. The highest BCUT2D eigenvalue weighted by atomic mass is 19.1. The van der Waals surface area contributed by atoms with Gasteiger partial charge in [-0.05, 0) is 72.9 Å². The van der Waals surface area contributed by atoms with Crippen LogP contribution in [0.1, 0.15) is 36.5 Å². The topological polar surface area (TPSA) is 49.4 Å². The van der Waals surface area contributed by atoms with E-state index in [0.717, 1.165) is 24.8 Å². The van der Waals surface area contributed by atoms with Gasteiger partial charge in [0.2, 0.25) is 0 Å². The average molecular weight is 429 g/mol. The largest absolute Gasteiger partial charge is 0.350 e. The number of carbonyl (C=O) groups excluding carboxylic acids is 2. The van der Waals surface area contributed by atoms with Gasteiger partial charge < -0.3 is 5.32 Å². The molecule has 0 atom stereocenters. The van der Waals surface area contributed by atoms with Crippen molar-refractivity contribution < 1.29 is 14.0 Å². The fraction of sp³-hybridized carbons (Fsp3) is 0.185. The summed E-state index contributed by atoms with van der Waals surface area (Å²) in [5.74, 6) is -1.27. The lowest BCUT2D eigenvalue weighted by Crippen LogP contribution is -2.32. The van der Waals surface area contributed by atoms with Gasteiger partial charge in [0.1, 0.15) is 11.5 Å². The number of anilines is 2. The molecular weight excluding hydrogens is 403 g/mol. The number of rotatable bonds is 7. The number of hydrogen-bond donors (Lipinski definition) is 1. The van der Waals surface area contributed by atoms with Crippen molar-refractivity contribution in [3.05, 3.63) is 101 Å². The number of halogens is 1. The summed E-state index contributed by atoms with van der Waals surface area (Å²) in [4.78, 5) is 28.0. The van der Waals surface area contributed by atoms with E-state index in [-0.39, 0.29) is 11.3 Å². The van der Waals surface area contributed by atoms with Gasteiger partial charge >= 0.3 is 0 Å². The van der Waals surface area contributed by atoms with Crippen molar-refractivity contribution in [2.45, 2.75) is 33.1 Å². The summed E-state index contributed by atoms with van der Waals surface area (Å²) in [6.07, 6.45) is 3.14. The third kappa shape index (κ3) is 4.33. The second kappa shape index (κ2) is 9.18. The first-order valence-electron chi connectivity index (χ1n) is 10.8. The summed E-state index contributed by atoms with van der Waals surface area (Å²) >= 11 is 0. The van der Waals surface area contributed by atoms with Gasteiger partial charge in [-0.15, -0.1) is 0 Å². The maximum Gasteiger partial charge on any atom is 0.282 e. The van der Waals surface area contributed by atoms with Crippen LogP contribution in [0, 0.1) is 12.7 Å². The van der Waals surface area contributed by atoms with Crippen molar-refractivity contribution in [3.8, 4) is 0 Å². The van der Waals surface area contributed by atoms with Crippen molar-refractivity contribution in [1.29, 1.82) is 0 Å². The Kier molecular flexibility index (Phi) is 6.17. The zero-order valence-corrected chi connectivity index (χ0v) is 18.2. The first kappa shape index (κ1) is 21.5. The molecule has 0 aliphatic carbocycles. The van der Waals surface area contributed by atoms with Crippen molar-refractivity contribution in [2.24, 2.45) is 0 Å². The first-order valence-corrected chi connectivity index (χ1v) is 10.8. The van der Waals surface area contributed by atoms with Crippen LogP contribution in [-0.4, -0.2) is 11.8 Å². The summed E-state index contributed by atoms with van der Waals surface area (Å²) in [7, 11) is 0. The normalized spacial score (nSPS) is 13.8. The highest BCUT2D eigenvalue weighted by Crippen LogP contribution is 2.34. The maximum absolute atomic E-state index is 13.5. The van der Waals surface area contributed by atoms with Crippen LogP contribution in [0.25, 0.3) is 5.57 Å². The molecule has 4 nitrogen and oxygen atoms in total. The van der Waals surface area contributed by atoms with Crippen LogP contribution in [-0.2, 0) is 16.0 Å². The predicted octanol–water partition coefficient (Wildman–Crippen LogP) is 5.87. The summed E-state index contributed by atoms with van der Waals surface area (Å²) < 4.78 is 13.5. The van der Waals surface area contributed by atoms with Crippen molar-refractivity contribution in [1.82, 2.24) is 0 Å². The van der Waals surface area contributed by atoms with Crippen molar-refractivity contribution >= 4 is 28.8 Å². The van der Waals surface area contributed by atoms with Gasteiger partial charge in [-0.2, -0.15) is 0 Å². The molecule has 0 unspecified atom stereocenters. The highest BCUT2D eigenvalue weighted by molar-refractivity contribution is 6.46. The second-order valence-corrected chi connectivity index (χ2v) is 7.97. The van der Waals surface area contributed by atoms with E-state index < -0.39 is 17.6 Å². The van der Waals surface area contributed by atoms with Crippen LogP contribution in [0.3, 0.4) is 0 Å². The lowest BCUT2D eigenvalue weighted by Gasteiger charge is -2.16. The van der Waals surface area contributed by atoms with Crippen LogP contribution in [0.4, 0.5) is 15.8 Å². The van der Waals surface area contributed by atoms with Gasteiger partial charge in [-0.3, -0.25) is 9.59 Å². The van der Waals surface area contributed by atoms with E-state index in [2.05, 4.69) is 12.2 Å². The lowest BCUT2D eigenvalue weighted by molar-refractivity contribution is -0.120. The van der Waals surface area contributed by atoms with Crippen molar-refractivity contribution in [2.75, 3.05) is 10.2 Å². The van der Waals surface area contributed by atoms with Crippen LogP contribution in [0.2, 0.25) is 0 Å². The number of amides is 2. The molecular formula is C27H25FN2O2. The average Bonchev–Trinajstić information content (AvgIpc) is 3.03. The molecule has 3 aromatic rings. The number of imide groups is 1. The molecule has 1 heterocycles. The molecule has 0 fully saturated rings. The van der Waals surface area contributed by atoms with E-state index in [9.17, 15) is 14.0 Å². The van der Waals surface area contributed by atoms with Gasteiger partial charge in [0.15, 0.2) is 0 Å². The van der Waals surface area contributed by atoms with Gasteiger partial charge in [-0.1, -0.05) is 49.7 Å². The lowest BCUT2D eigenvalue weighted by atomic mass is 10.0. The number of aryl methyl sites for hydroxylation is 2. The van der Waals surface area contributed by atoms with E-state index in [0.29, 0.717) is 16.9 Å². The van der Waals surface area contributed by atoms with Gasteiger partial charge in [0.25, 0.3) is 11.8 Å². The van der Waals surface area contributed by atoms with Crippen molar-refractivity contribution in [3.63, 3.8) is 0 Å². The molecule has 1 aliphatic rings. The monoisotopic (exact) mass is 428 g/mol. The standard InChI is InChI=1S/C27H25FN2O2/c1-3-4-7-19-9-15-23(16-10-19)30-26(31)24(20-11-13-21(28)14-12-20)25(27(30)32)29-22-8-5-6-18(2)17-22/h5-6,8-17,29H,3-4,7H2,1-2H3. The van der Waals surface area contributed by atoms with E-state index in [4.69, 9.17) is 0 Å². The van der Waals surface area contributed by atoms with Crippen LogP contribution >= 0.6 is 0 Å². The second-order valence-electron chi connectivity index (χ2n) is 7.97. The minimum Gasteiger partial charge on any atom is -0.350 e. The molecule has 162 valence electrons. The van der Waals surface area contributed by atoms with E-state index in [1.165, 1.54) is 34.7 Å². The molecule has 0 radical (unpaired) electrons. The minimum absolute atomic E-state index is 0.183. The Morgan fingerprint density at radius 2 is 1.62 bits per heavy atom. The Hall–Kier alpha value is -3.73. The molecule has 32 heavy (non-hydrogen) atoms. The van der Waals surface area contributed by atoms with Gasteiger partial charge in [0, 0.05) is 5.69 Å². The SMILES string of the molecule is CCCCc1ccc(N2C(=O)C(Nc3cccc(C)c3)=C(c3ccc(F)cc3)C2=O)cc1. The number of unbranched alkanes of at least 4 members (excludes halogenated alkanes) is 1. The summed E-state index contributed by atoms with van der Waals surface area (Å²) in [5.41, 5.74) is 4.31. The Morgan fingerprint density at radius 3 is 2.28 bits per heavy atom. The number of benzene rings is 3. The third-order valence-electron chi connectivity index (χ3n) is 5.52. The summed E-state index contributed by atoms with van der Waals surface area (Å²) in [6.45, 7) is 4.09. The number of hydrogen-bond acceptors (Lipinski definition) is 3. The van der Waals surface area contributed by atoms with Gasteiger partial charge in [-0.25, -0.2) is 9.29 Å². The molecule has 0 spiro atoms. The quantitative estimate of drug-likeness (QED) is 0.479. The molecule has 5 heteroatoms. The predicted molar refractivity (Wildman–Crippen MR) is 126 cm³/mol. The molecule has 3 aromatic carbocycles. The van der Waals surface area contributed by atoms with Crippen LogP contribution in [0.15, 0.2) is 78.5 Å². The Bertz CT molecular complexity index is 1180. The molecule has 0 aromatic heterocycles. The smallest absolute Gasteiger partial charge is 0.282 e. The molecule has 4 rings (SSSR count). The first-order chi connectivity index (χ1) is 15.5. The molecule has 0 saturated heterocycles. The maximum atomic E-state index is 13.5. The Labute approximate surface area is 187 Å². The molecule has 1 aliphatic heterocycles. The zero-order chi connectivity index (χ0) is 22.7. The molecule has 2 amide bonds. The minimum atomic E-state index is -0.433. The zero-order valence-electron chi connectivity index (χ0n) is 18.2. The molecule has 0 bridgehead atoms. The highest BCUT2D eigenvalue weighted by Gasteiger charge is 2.40. The van der Waals surface area contributed by atoms with E-state index >= 15 is 0 Å². The third-order valence-corrected chi connectivity index (χ3v) is 5.52. The van der Waals surface area contributed by atoms with Gasteiger partial charge in [0.05, 0.1) is 11.3 Å². The van der Waals surface area contributed by atoms with E-state index in [1.807, 2.05) is 43.3 Å². The number of carbonyl (C=O) groups is 2. The molecule has 1 N–H and O–H groups in total. The van der Waals surface area contributed by atoms with Crippen LogP contribution in [0.5, 0.6) is 0 Å². The fourth-order valence-electron chi connectivity index (χ4n) is 3.82. The molecule has 0 saturated carbocycles. The number of nitrogens with zero attached hydrogens (tertiary/aromatic N) is 1. The van der Waals surface area contributed by atoms with Crippen LogP contribution < -0.4 is 10.2 Å².